The van der Waals surface area contributed by atoms with Crippen molar-refractivity contribution in [1.29, 1.82) is 0 Å². The Hall–Kier alpha value is -1.72. The predicted octanol–water partition coefficient (Wildman–Crippen LogP) is 2.38. The van der Waals surface area contributed by atoms with Crippen molar-refractivity contribution in [3.8, 4) is 0 Å². The number of nitrogens with zero attached hydrogens (tertiary/aromatic N) is 2. The maximum atomic E-state index is 9.14. The van der Waals surface area contributed by atoms with E-state index < -0.39 is 0 Å². The second kappa shape index (κ2) is 9.11. The minimum Gasteiger partial charge on any atom is -0.392 e. The highest BCUT2D eigenvalue weighted by Crippen LogP contribution is 2.13. The molecule has 2 N–H and O–H groups in total. The Labute approximate surface area is 150 Å². The summed E-state index contributed by atoms with van der Waals surface area (Å²) in [4.78, 5) is 5.03. The Bertz CT molecular complexity index is 582. The van der Waals surface area contributed by atoms with E-state index in [2.05, 4.69) is 34.1 Å². The molecular weight excluding hydrogens is 312 g/mol. The highest BCUT2D eigenvalue weighted by Gasteiger charge is 2.15. The van der Waals surface area contributed by atoms with E-state index in [1.54, 1.807) is 0 Å². The zero-order valence-corrected chi connectivity index (χ0v) is 14.8. The maximum Gasteiger partial charge on any atom is 0.0681 e. The Morgan fingerprint density at radius 3 is 1.28 bits per heavy atom. The van der Waals surface area contributed by atoms with Crippen LogP contribution in [0.15, 0.2) is 48.5 Å². The van der Waals surface area contributed by atoms with Crippen LogP contribution in [0.4, 0.5) is 0 Å². The van der Waals surface area contributed by atoms with Crippen LogP contribution in [0.5, 0.6) is 0 Å². The van der Waals surface area contributed by atoms with Crippen LogP contribution < -0.4 is 0 Å². The van der Waals surface area contributed by atoms with Gasteiger partial charge in [-0.15, -0.1) is 0 Å². The van der Waals surface area contributed by atoms with Crippen molar-refractivity contribution in [1.82, 2.24) is 9.80 Å². The molecule has 4 heteroatoms. The lowest BCUT2D eigenvalue weighted by Gasteiger charge is -2.22. The lowest BCUT2D eigenvalue weighted by molar-refractivity contribution is 0.247. The molecule has 4 nitrogen and oxygen atoms in total. The number of aliphatic hydroxyl groups is 2. The van der Waals surface area contributed by atoms with Gasteiger partial charge in [-0.1, -0.05) is 48.5 Å². The SMILES string of the molecule is OCc1ccc(CN2CCCN(Cc3ccc(CO)cc3)CC2)cc1. The summed E-state index contributed by atoms with van der Waals surface area (Å²) in [7, 11) is 0. The van der Waals surface area contributed by atoms with E-state index in [0.29, 0.717) is 0 Å². The van der Waals surface area contributed by atoms with Crippen LogP contribution >= 0.6 is 0 Å². The Morgan fingerprint density at radius 2 is 0.920 bits per heavy atom. The fourth-order valence-electron chi connectivity index (χ4n) is 3.36. The van der Waals surface area contributed by atoms with E-state index in [-0.39, 0.29) is 13.2 Å². The molecule has 0 spiro atoms. The van der Waals surface area contributed by atoms with E-state index >= 15 is 0 Å². The molecule has 2 aromatic carbocycles. The zero-order valence-electron chi connectivity index (χ0n) is 14.8. The van der Waals surface area contributed by atoms with Crippen molar-refractivity contribution >= 4 is 0 Å². The molecule has 1 saturated heterocycles. The molecule has 0 amide bonds. The molecule has 1 aliphatic heterocycles. The van der Waals surface area contributed by atoms with E-state index in [9.17, 15) is 0 Å². The van der Waals surface area contributed by atoms with E-state index in [1.165, 1.54) is 17.5 Å². The van der Waals surface area contributed by atoms with Crippen molar-refractivity contribution in [2.75, 3.05) is 26.2 Å². The van der Waals surface area contributed by atoms with Crippen molar-refractivity contribution in [3.63, 3.8) is 0 Å². The molecule has 0 atom stereocenters. The minimum atomic E-state index is 0.109. The summed E-state index contributed by atoms with van der Waals surface area (Å²) < 4.78 is 0. The van der Waals surface area contributed by atoms with Crippen molar-refractivity contribution < 1.29 is 10.2 Å². The summed E-state index contributed by atoms with van der Waals surface area (Å²) in [5.74, 6) is 0. The molecule has 1 fully saturated rings. The van der Waals surface area contributed by atoms with Crippen LogP contribution in [-0.4, -0.2) is 46.2 Å². The first-order valence-corrected chi connectivity index (χ1v) is 9.09. The van der Waals surface area contributed by atoms with Gasteiger partial charge in [-0.3, -0.25) is 9.80 Å². The first-order valence-electron chi connectivity index (χ1n) is 9.09. The summed E-state index contributed by atoms with van der Waals surface area (Å²) in [6.07, 6.45) is 1.18. The zero-order chi connectivity index (χ0) is 17.5. The number of benzene rings is 2. The van der Waals surface area contributed by atoms with Gasteiger partial charge in [-0.25, -0.2) is 0 Å². The number of rotatable bonds is 6. The fraction of sp³-hybridized carbons (Fsp3) is 0.429. The maximum absolute atomic E-state index is 9.14. The first-order chi connectivity index (χ1) is 12.3. The van der Waals surface area contributed by atoms with Gasteiger partial charge < -0.3 is 10.2 Å². The predicted molar refractivity (Wildman–Crippen MR) is 99.9 cm³/mol. The first kappa shape index (κ1) is 18.1. The third kappa shape index (κ3) is 5.38. The van der Waals surface area contributed by atoms with E-state index in [0.717, 1.165) is 50.4 Å². The summed E-state index contributed by atoms with van der Waals surface area (Å²) in [5.41, 5.74) is 4.56. The monoisotopic (exact) mass is 340 g/mol. The fourth-order valence-corrected chi connectivity index (χ4v) is 3.36. The molecular formula is C21H28N2O2. The van der Waals surface area contributed by atoms with Crippen LogP contribution in [-0.2, 0) is 26.3 Å². The molecule has 25 heavy (non-hydrogen) atoms. The number of hydrogen-bond donors (Lipinski definition) is 2. The minimum absolute atomic E-state index is 0.109. The summed E-state index contributed by atoms with van der Waals surface area (Å²) in [6, 6.07) is 16.5. The van der Waals surface area contributed by atoms with E-state index in [4.69, 9.17) is 10.2 Å². The Morgan fingerprint density at radius 1 is 0.560 bits per heavy atom. The highest BCUT2D eigenvalue weighted by molar-refractivity contribution is 5.22. The third-order valence-electron chi connectivity index (χ3n) is 4.90. The standard InChI is InChI=1S/C21H28N2O2/c24-16-20-6-2-18(3-7-20)14-22-10-1-11-23(13-12-22)15-19-4-8-21(17-25)9-5-19/h2-9,24-25H,1,10-17H2. The molecule has 0 bridgehead atoms. The number of aliphatic hydroxyl groups excluding tert-OH is 2. The molecule has 0 radical (unpaired) electrons. The molecule has 0 aliphatic carbocycles. The van der Waals surface area contributed by atoms with Crippen molar-refractivity contribution in [3.05, 3.63) is 70.8 Å². The topological polar surface area (TPSA) is 46.9 Å². The quantitative estimate of drug-likeness (QED) is 0.848. The molecule has 1 aliphatic rings. The summed E-state index contributed by atoms with van der Waals surface area (Å²) >= 11 is 0. The lowest BCUT2D eigenvalue weighted by atomic mass is 10.1. The largest absolute Gasteiger partial charge is 0.392 e. The normalized spacial score (nSPS) is 16.7. The van der Waals surface area contributed by atoms with Gasteiger partial charge in [0.25, 0.3) is 0 Å². The summed E-state index contributed by atoms with van der Waals surface area (Å²) in [5, 5.41) is 18.3. The van der Waals surface area contributed by atoms with Crippen LogP contribution in [0, 0.1) is 0 Å². The second-order valence-corrected chi connectivity index (χ2v) is 6.86. The van der Waals surface area contributed by atoms with Crippen molar-refractivity contribution in [2.45, 2.75) is 32.7 Å². The van der Waals surface area contributed by atoms with Gasteiger partial charge in [-0.2, -0.15) is 0 Å². The van der Waals surface area contributed by atoms with E-state index in [1.807, 2.05) is 24.3 Å². The lowest BCUT2D eigenvalue weighted by Crippen LogP contribution is -2.30. The van der Waals surface area contributed by atoms with Gasteiger partial charge in [0.1, 0.15) is 0 Å². The van der Waals surface area contributed by atoms with Gasteiger partial charge >= 0.3 is 0 Å². The average molecular weight is 340 g/mol. The molecule has 2 aromatic rings. The van der Waals surface area contributed by atoms with Gasteiger partial charge in [0, 0.05) is 26.2 Å². The molecule has 0 unspecified atom stereocenters. The third-order valence-corrected chi connectivity index (χ3v) is 4.90. The van der Waals surface area contributed by atoms with Crippen molar-refractivity contribution in [2.24, 2.45) is 0 Å². The average Bonchev–Trinajstić information content (AvgIpc) is 2.88. The van der Waals surface area contributed by atoms with Gasteiger partial charge in [-0.05, 0) is 41.8 Å². The smallest absolute Gasteiger partial charge is 0.0681 e. The highest BCUT2D eigenvalue weighted by atomic mass is 16.3. The molecule has 0 aromatic heterocycles. The van der Waals surface area contributed by atoms with Gasteiger partial charge in [0.05, 0.1) is 13.2 Å². The molecule has 3 rings (SSSR count). The number of hydrogen-bond acceptors (Lipinski definition) is 4. The van der Waals surface area contributed by atoms with Crippen LogP contribution in [0.1, 0.15) is 28.7 Å². The van der Waals surface area contributed by atoms with Crippen LogP contribution in [0.3, 0.4) is 0 Å². The second-order valence-electron chi connectivity index (χ2n) is 6.86. The molecule has 0 saturated carbocycles. The molecule has 134 valence electrons. The Kier molecular flexibility index (Phi) is 6.59. The van der Waals surface area contributed by atoms with Crippen LogP contribution in [0.2, 0.25) is 0 Å². The van der Waals surface area contributed by atoms with Crippen LogP contribution in [0.25, 0.3) is 0 Å². The summed E-state index contributed by atoms with van der Waals surface area (Å²) in [6.45, 7) is 6.59. The Balaban J connectivity index is 1.50. The van der Waals surface area contributed by atoms with Gasteiger partial charge in [0.2, 0.25) is 0 Å². The molecule has 1 heterocycles. The van der Waals surface area contributed by atoms with Gasteiger partial charge in [0.15, 0.2) is 0 Å².